The van der Waals surface area contributed by atoms with E-state index in [1.807, 2.05) is 0 Å². The van der Waals surface area contributed by atoms with E-state index in [2.05, 4.69) is 23.5 Å². The second kappa shape index (κ2) is 11.9. The molecule has 0 saturated carbocycles. The van der Waals surface area contributed by atoms with Crippen molar-refractivity contribution in [2.24, 2.45) is 0 Å². The van der Waals surface area contributed by atoms with Crippen LogP contribution < -0.4 is 9.46 Å². The van der Waals surface area contributed by atoms with E-state index in [0.717, 1.165) is 38.5 Å². The Morgan fingerprint density at radius 3 is 2.27 bits per heavy atom. The molecule has 2 aromatic rings. The maximum atomic E-state index is 13.2. The van der Waals surface area contributed by atoms with E-state index in [4.69, 9.17) is 4.74 Å². The van der Waals surface area contributed by atoms with Crippen molar-refractivity contribution in [3.8, 4) is 5.75 Å². The summed E-state index contributed by atoms with van der Waals surface area (Å²) in [5.41, 5.74) is 0.794. The van der Waals surface area contributed by atoms with Gasteiger partial charge in [0.1, 0.15) is 11.6 Å². The molecule has 0 saturated heterocycles. The lowest BCUT2D eigenvalue weighted by atomic mass is 10.2. The number of hydrogen-bond acceptors (Lipinski definition) is 4. The van der Waals surface area contributed by atoms with E-state index in [-0.39, 0.29) is 4.90 Å². The highest BCUT2D eigenvalue weighted by atomic mass is 32.2. The molecular weight excluding hydrogens is 403 g/mol. The molecule has 0 spiro atoms. The first-order chi connectivity index (χ1) is 14.4. The fraction of sp³-hybridized carbons (Fsp3) is 0.478. The summed E-state index contributed by atoms with van der Waals surface area (Å²) in [5.74, 6) is 0.246. The van der Waals surface area contributed by atoms with Crippen LogP contribution in [-0.4, -0.2) is 39.6 Å². The molecule has 0 aliphatic heterocycles. The van der Waals surface area contributed by atoms with Crippen LogP contribution in [0.5, 0.6) is 5.75 Å². The number of aryl methyl sites for hydroxylation is 1. The molecule has 0 aliphatic rings. The molecule has 7 heteroatoms. The molecule has 0 radical (unpaired) electrons. The van der Waals surface area contributed by atoms with E-state index >= 15 is 0 Å². The Balaban J connectivity index is 1.76. The van der Waals surface area contributed by atoms with Gasteiger partial charge in [-0.15, -0.1) is 0 Å². The van der Waals surface area contributed by atoms with E-state index < -0.39 is 15.8 Å². The van der Waals surface area contributed by atoms with E-state index in [1.165, 1.54) is 25.0 Å². The number of sulfonamides is 1. The highest BCUT2D eigenvalue weighted by Gasteiger charge is 2.17. The quantitative estimate of drug-likeness (QED) is 0.438. The first-order valence-corrected chi connectivity index (χ1v) is 12.1. The molecule has 166 valence electrons. The Kier molecular flexibility index (Phi) is 9.59. The summed E-state index contributed by atoms with van der Waals surface area (Å²) in [6, 6.07) is 10.4. The molecule has 0 unspecified atom stereocenters. The van der Waals surface area contributed by atoms with Gasteiger partial charge in [0.25, 0.3) is 10.0 Å². The third kappa shape index (κ3) is 7.61. The van der Waals surface area contributed by atoms with E-state index in [1.54, 1.807) is 31.2 Å². The van der Waals surface area contributed by atoms with Crippen molar-refractivity contribution < 1.29 is 17.5 Å². The zero-order valence-electron chi connectivity index (χ0n) is 18.2. The molecule has 2 rings (SSSR count). The van der Waals surface area contributed by atoms with Gasteiger partial charge in [-0.05, 0) is 87.4 Å². The molecule has 0 atom stereocenters. The lowest BCUT2D eigenvalue weighted by molar-refractivity contribution is 0.284. The van der Waals surface area contributed by atoms with E-state index in [0.29, 0.717) is 23.6 Å². The fourth-order valence-electron chi connectivity index (χ4n) is 3.26. The van der Waals surface area contributed by atoms with Crippen molar-refractivity contribution >= 4 is 15.7 Å². The zero-order chi connectivity index (χ0) is 22.0. The molecule has 2 aromatic carbocycles. The molecule has 0 fully saturated rings. The SMILES string of the molecule is CCN(CC)CCCCCCOc1ccc(NS(=O)(=O)c2ccc(F)cc2C)cc1. The van der Waals surface area contributed by atoms with Crippen LogP contribution in [0.1, 0.15) is 45.1 Å². The van der Waals surface area contributed by atoms with Crippen molar-refractivity contribution in [1.29, 1.82) is 0 Å². The molecule has 5 nitrogen and oxygen atoms in total. The van der Waals surface area contributed by atoms with Crippen LogP contribution in [0, 0.1) is 12.7 Å². The third-order valence-corrected chi connectivity index (χ3v) is 6.61. The Morgan fingerprint density at radius 1 is 0.967 bits per heavy atom. The number of benzene rings is 2. The van der Waals surface area contributed by atoms with Crippen molar-refractivity contribution in [3.63, 3.8) is 0 Å². The van der Waals surface area contributed by atoms with Gasteiger partial charge in [-0.1, -0.05) is 26.7 Å². The molecule has 1 N–H and O–H groups in total. The zero-order valence-corrected chi connectivity index (χ0v) is 19.0. The number of anilines is 1. The normalized spacial score (nSPS) is 11.6. The van der Waals surface area contributed by atoms with Crippen LogP contribution in [0.2, 0.25) is 0 Å². The smallest absolute Gasteiger partial charge is 0.262 e. The van der Waals surface area contributed by atoms with Gasteiger partial charge in [0, 0.05) is 5.69 Å². The van der Waals surface area contributed by atoms with Gasteiger partial charge in [0.15, 0.2) is 0 Å². The summed E-state index contributed by atoms with van der Waals surface area (Å²) in [7, 11) is -3.77. The average Bonchev–Trinajstić information content (AvgIpc) is 2.71. The maximum absolute atomic E-state index is 13.2. The van der Waals surface area contributed by atoms with Gasteiger partial charge in [-0.3, -0.25) is 4.72 Å². The molecular formula is C23H33FN2O3S. The van der Waals surface area contributed by atoms with Crippen molar-refractivity contribution in [2.75, 3.05) is 31.0 Å². The minimum atomic E-state index is -3.77. The summed E-state index contributed by atoms with van der Waals surface area (Å²) in [6.45, 7) is 9.96. The van der Waals surface area contributed by atoms with Gasteiger partial charge in [-0.25, -0.2) is 12.8 Å². The first-order valence-electron chi connectivity index (χ1n) is 10.6. The lowest BCUT2D eigenvalue weighted by Gasteiger charge is -2.17. The number of rotatable bonds is 13. The highest BCUT2D eigenvalue weighted by Crippen LogP contribution is 2.22. The molecule has 30 heavy (non-hydrogen) atoms. The summed E-state index contributed by atoms with van der Waals surface area (Å²) < 4.78 is 46.6. The summed E-state index contributed by atoms with van der Waals surface area (Å²) in [4.78, 5) is 2.49. The highest BCUT2D eigenvalue weighted by molar-refractivity contribution is 7.92. The summed E-state index contributed by atoms with van der Waals surface area (Å²) >= 11 is 0. The number of ether oxygens (including phenoxy) is 1. The number of nitrogens with zero attached hydrogens (tertiary/aromatic N) is 1. The largest absolute Gasteiger partial charge is 0.494 e. The summed E-state index contributed by atoms with van der Waals surface area (Å²) in [6.07, 6.45) is 4.54. The second-order valence-corrected chi connectivity index (χ2v) is 8.98. The molecule has 0 aliphatic carbocycles. The Labute approximate surface area is 180 Å². The molecule has 0 heterocycles. The van der Waals surface area contributed by atoms with Crippen LogP contribution in [0.4, 0.5) is 10.1 Å². The maximum Gasteiger partial charge on any atom is 0.262 e. The summed E-state index contributed by atoms with van der Waals surface area (Å²) in [5, 5.41) is 0. The van der Waals surface area contributed by atoms with Gasteiger partial charge in [-0.2, -0.15) is 0 Å². The number of unbranched alkanes of at least 4 members (excludes halogenated alkanes) is 3. The standard InChI is InChI=1S/C23H33FN2O3S/c1-4-26(5-2)16-8-6-7-9-17-29-22-13-11-21(12-14-22)25-30(27,28)23-15-10-20(24)18-19(23)3/h10-15,18,25H,4-9,16-17H2,1-3H3. The van der Waals surface area contributed by atoms with Crippen molar-refractivity contribution in [1.82, 2.24) is 4.90 Å². The number of nitrogens with one attached hydrogen (secondary N) is 1. The van der Waals surface area contributed by atoms with Crippen LogP contribution in [-0.2, 0) is 10.0 Å². The predicted octanol–water partition coefficient (Wildman–Crippen LogP) is 5.22. The van der Waals surface area contributed by atoms with Gasteiger partial charge in [0.2, 0.25) is 0 Å². The minimum absolute atomic E-state index is 0.0604. The van der Waals surface area contributed by atoms with E-state index in [9.17, 15) is 12.8 Å². The Morgan fingerprint density at radius 2 is 1.63 bits per heavy atom. The van der Waals surface area contributed by atoms with Gasteiger partial charge in [0.05, 0.1) is 11.5 Å². The van der Waals surface area contributed by atoms with Crippen LogP contribution in [0.25, 0.3) is 0 Å². The van der Waals surface area contributed by atoms with Gasteiger partial charge < -0.3 is 9.64 Å². The number of hydrogen-bond donors (Lipinski definition) is 1. The Bertz CT molecular complexity index is 882. The van der Waals surface area contributed by atoms with Crippen LogP contribution >= 0.6 is 0 Å². The predicted molar refractivity (Wildman–Crippen MR) is 120 cm³/mol. The topological polar surface area (TPSA) is 58.6 Å². The van der Waals surface area contributed by atoms with Crippen molar-refractivity contribution in [3.05, 3.63) is 53.8 Å². The van der Waals surface area contributed by atoms with Crippen LogP contribution in [0.15, 0.2) is 47.4 Å². The molecule has 0 aromatic heterocycles. The minimum Gasteiger partial charge on any atom is -0.494 e. The lowest BCUT2D eigenvalue weighted by Crippen LogP contribution is -2.23. The second-order valence-electron chi connectivity index (χ2n) is 7.33. The van der Waals surface area contributed by atoms with Crippen LogP contribution in [0.3, 0.4) is 0 Å². The van der Waals surface area contributed by atoms with Gasteiger partial charge >= 0.3 is 0 Å². The van der Waals surface area contributed by atoms with Crippen molar-refractivity contribution in [2.45, 2.75) is 51.3 Å². The number of halogens is 1. The molecule has 0 amide bonds. The third-order valence-electron chi connectivity index (χ3n) is 5.06. The fourth-order valence-corrected chi connectivity index (χ4v) is 4.55. The molecule has 0 bridgehead atoms. The first kappa shape index (κ1) is 24.2. The Hall–Kier alpha value is -2.12. The monoisotopic (exact) mass is 436 g/mol. The average molecular weight is 437 g/mol.